The number of nitrogens with two attached hydrogens (primary N) is 1. The molecule has 1 aliphatic rings. The van der Waals surface area contributed by atoms with Crippen LogP contribution >= 0.6 is 12.2 Å². The van der Waals surface area contributed by atoms with Crippen LogP contribution in [0.4, 0.5) is 11.5 Å². The van der Waals surface area contributed by atoms with E-state index < -0.39 is 0 Å². The standard InChI is InChI=1S/C17H19N3S/c1-10-6-7-13(8-11(10)2)19-17-14(16(18)21)9-12-4-3-5-15(12)20-17/h6-9H,3-5H2,1-2H3,(H2,18,21)(H,19,20). The van der Waals surface area contributed by atoms with Crippen molar-refractivity contribution in [3.63, 3.8) is 0 Å². The van der Waals surface area contributed by atoms with E-state index in [0.717, 1.165) is 36.3 Å². The molecule has 1 aromatic carbocycles. The first kappa shape index (κ1) is 14.0. The zero-order valence-electron chi connectivity index (χ0n) is 12.4. The summed E-state index contributed by atoms with van der Waals surface area (Å²) in [6.45, 7) is 4.21. The average Bonchev–Trinajstić information content (AvgIpc) is 2.89. The fourth-order valence-corrected chi connectivity index (χ4v) is 2.87. The summed E-state index contributed by atoms with van der Waals surface area (Å²) in [6.07, 6.45) is 3.27. The van der Waals surface area contributed by atoms with Crippen LogP contribution in [0.15, 0.2) is 24.3 Å². The highest BCUT2D eigenvalue weighted by Gasteiger charge is 2.17. The van der Waals surface area contributed by atoms with Crippen molar-refractivity contribution in [2.45, 2.75) is 33.1 Å². The van der Waals surface area contributed by atoms with Crippen LogP contribution in [-0.4, -0.2) is 9.97 Å². The number of thiocarbonyl (C=S) groups is 1. The maximum atomic E-state index is 5.87. The van der Waals surface area contributed by atoms with Crippen LogP contribution in [0.3, 0.4) is 0 Å². The molecule has 3 rings (SSSR count). The fourth-order valence-electron chi connectivity index (χ4n) is 2.71. The van der Waals surface area contributed by atoms with E-state index in [9.17, 15) is 0 Å². The lowest BCUT2D eigenvalue weighted by molar-refractivity contribution is 0.900. The van der Waals surface area contributed by atoms with E-state index in [1.54, 1.807) is 0 Å². The smallest absolute Gasteiger partial charge is 0.140 e. The highest BCUT2D eigenvalue weighted by Crippen LogP contribution is 2.27. The van der Waals surface area contributed by atoms with Crippen molar-refractivity contribution >= 4 is 28.7 Å². The molecule has 21 heavy (non-hydrogen) atoms. The first-order valence-corrected chi connectivity index (χ1v) is 7.62. The topological polar surface area (TPSA) is 50.9 Å². The van der Waals surface area contributed by atoms with Gasteiger partial charge in [0.05, 0.1) is 5.56 Å². The first-order chi connectivity index (χ1) is 10.0. The van der Waals surface area contributed by atoms with Crippen molar-refractivity contribution in [1.82, 2.24) is 4.98 Å². The van der Waals surface area contributed by atoms with E-state index in [4.69, 9.17) is 22.9 Å². The Balaban J connectivity index is 2.01. The molecule has 0 radical (unpaired) electrons. The van der Waals surface area contributed by atoms with Gasteiger partial charge in [-0.15, -0.1) is 0 Å². The lowest BCUT2D eigenvalue weighted by Gasteiger charge is -2.13. The van der Waals surface area contributed by atoms with Crippen molar-refractivity contribution in [2.75, 3.05) is 5.32 Å². The molecule has 0 spiro atoms. The SMILES string of the molecule is Cc1ccc(Nc2nc3c(cc2C(N)=S)CCC3)cc1C. The highest BCUT2D eigenvalue weighted by molar-refractivity contribution is 7.80. The number of hydrogen-bond acceptors (Lipinski definition) is 3. The average molecular weight is 297 g/mol. The Kier molecular flexibility index (Phi) is 3.64. The second-order valence-corrected chi connectivity index (χ2v) is 6.07. The number of rotatable bonds is 3. The third-order valence-corrected chi connectivity index (χ3v) is 4.31. The summed E-state index contributed by atoms with van der Waals surface area (Å²) < 4.78 is 0. The predicted molar refractivity (Wildman–Crippen MR) is 91.3 cm³/mol. The molecule has 0 bridgehead atoms. The summed E-state index contributed by atoms with van der Waals surface area (Å²) in [5.41, 5.74) is 12.7. The van der Waals surface area contributed by atoms with Crippen LogP contribution in [0.2, 0.25) is 0 Å². The maximum Gasteiger partial charge on any atom is 0.140 e. The normalized spacial score (nSPS) is 13.0. The van der Waals surface area contributed by atoms with Gasteiger partial charge in [0.15, 0.2) is 0 Å². The molecule has 1 aromatic heterocycles. The van der Waals surface area contributed by atoms with Gasteiger partial charge in [-0.05, 0) is 68.0 Å². The number of nitrogens with one attached hydrogen (secondary N) is 1. The number of fused-ring (bicyclic) bond motifs is 1. The van der Waals surface area contributed by atoms with Gasteiger partial charge in [-0.25, -0.2) is 4.98 Å². The van der Waals surface area contributed by atoms with Crippen molar-refractivity contribution < 1.29 is 0 Å². The molecule has 0 aliphatic heterocycles. The Hall–Kier alpha value is -1.94. The number of aryl methyl sites for hydroxylation is 4. The van der Waals surface area contributed by atoms with E-state index >= 15 is 0 Å². The van der Waals surface area contributed by atoms with Crippen LogP contribution in [0.25, 0.3) is 0 Å². The lowest BCUT2D eigenvalue weighted by atomic mass is 10.1. The summed E-state index contributed by atoms with van der Waals surface area (Å²) in [6, 6.07) is 8.38. The Morgan fingerprint density at radius 2 is 2.00 bits per heavy atom. The molecule has 0 fully saturated rings. The third kappa shape index (κ3) is 2.76. The molecular weight excluding hydrogens is 278 g/mol. The second kappa shape index (κ2) is 5.45. The van der Waals surface area contributed by atoms with E-state index in [0.29, 0.717) is 4.99 Å². The first-order valence-electron chi connectivity index (χ1n) is 7.21. The lowest BCUT2D eigenvalue weighted by Crippen LogP contribution is -2.14. The van der Waals surface area contributed by atoms with E-state index in [1.807, 2.05) is 0 Å². The van der Waals surface area contributed by atoms with Gasteiger partial charge in [-0.3, -0.25) is 0 Å². The van der Waals surface area contributed by atoms with Crippen molar-refractivity contribution in [3.8, 4) is 0 Å². The van der Waals surface area contributed by atoms with Gasteiger partial charge in [0.1, 0.15) is 10.8 Å². The molecule has 108 valence electrons. The summed E-state index contributed by atoms with van der Waals surface area (Å²) in [7, 11) is 0. The maximum absolute atomic E-state index is 5.87. The second-order valence-electron chi connectivity index (χ2n) is 5.63. The minimum Gasteiger partial charge on any atom is -0.389 e. The van der Waals surface area contributed by atoms with Crippen LogP contribution in [-0.2, 0) is 12.8 Å². The number of nitrogens with zero attached hydrogens (tertiary/aromatic N) is 1. The van der Waals surface area contributed by atoms with Gasteiger partial charge in [-0.2, -0.15) is 0 Å². The quantitative estimate of drug-likeness (QED) is 0.851. The summed E-state index contributed by atoms with van der Waals surface area (Å²) >= 11 is 5.18. The van der Waals surface area contributed by atoms with Crippen LogP contribution < -0.4 is 11.1 Å². The van der Waals surface area contributed by atoms with E-state index in [2.05, 4.69) is 43.4 Å². The van der Waals surface area contributed by atoms with Gasteiger partial charge < -0.3 is 11.1 Å². The minimum absolute atomic E-state index is 0.392. The van der Waals surface area contributed by atoms with Crippen LogP contribution in [0.1, 0.15) is 34.4 Å². The summed E-state index contributed by atoms with van der Waals surface area (Å²) in [5, 5.41) is 3.37. The summed E-state index contributed by atoms with van der Waals surface area (Å²) in [5.74, 6) is 0.770. The molecule has 2 aromatic rings. The number of benzene rings is 1. The Labute approximate surface area is 130 Å². The third-order valence-electron chi connectivity index (χ3n) is 4.09. The molecule has 0 unspecified atom stereocenters. The van der Waals surface area contributed by atoms with Crippen LogP contribution in [0, 0.1) is 13.8 Å². The van der Waals surface area contributed by atoms with Gasteiger partial charge in [-0.1, -0.05) is 18.3 Å². The van der Waals surface area contributed by atoms with Crippen LogP contribution in [0.5, 0.6) is 0 Å². The number of pyridine rings is 1. The van der Waals surface area contributed by atoms with Crippen molar-refractivity contribution in [2.24, 2.45) is 5.73 Å². The fraction of sp³-hybridized carbons (Fsp3) is 0.294. The number of aromatic nitrogens is 1. The van der Waals surface area contributed by atoms with Gasteiger partial charge in [0.2, 0.25) is 0 Å². The number of anilines is 2. The molecule has 0 saturated carbocycles. The minimum atomic E-state index is 0.392. The Morgan fingerprint density at radius 1 is 1.19 bits per heavy atom. The van der Waals surface area contributed by atoms with E-state index in [-0.39, 0.29) is 0 Å². The zero-order valence-corrected chi connectivity index (χ0v) is 13.2. The monoisotopic (exact) mass is 297 g/mol. The van der Waals surface area contributed by atoms with Gasteiger partial charge >= 0.3 is 0 Å². The van der Waals surface area contributed by atoms with Gasteiger partial charge in [0, 0.05) is 11.4 Å². The molecule has 1 aliphatic carbocycles. The van der Waals surface area contributed by atoms with Crippen molar-refractivity contribution in [3.05, 3.63) is 52.2 Å². The van der Waals surface area contributed by atoms with Gasteiger partial charge in [0.25, 0.3) is 0 Å². The zero-order chi connectivity index (χ0) is 15.0. The Morgan fingerprint density at radius 3 is 2.71 bits per heavy atom. The molecular formula is C17H19N3S. The molecule has 0 atom stereocenters. The molecule has 0 saturated heterocycles. The van der Waals surface area contributed by atoms with Crippen molar-refractivity contribution in [1.29, 1.82) is 0 Å². The molecule has 3 N–H and O–H groups in total. The molecule has 3 nitrogen and oxygen atoms in total. The number of hydrogen-bond donors (Lipinski definition) is 2. The van der Waals surface area contributed by atoms with E-state index in [1.165, 1.54) is 22.4 Å². The predicted octanol–water partition coefficient (Wildman–Crippen LogP) is 3.56. The largest absolute Gasteiger partial charge is 0.389 e. The summed E-state index contributed by atoms with van der Waals surface area (Å²) in [4.78, 5) is 5.14. The molecule has 0 amide bonds. The molecule has 4 heteroatoms. The Bertz CT molecular complexity index is 722. The molecule has 1 heterocycles. The highest BCUT2D eigenvalue weighted by atomic mass is 32.1.